The third kappa shape index (κ3) is 5.23. The van der Waals surface area contributed by atoms with E-state index in [9.17, 15) is 0 Å². The van der Waals surface area contributed by atoms with Crippen molar-refractivity contribution >= 4 is 0 Å². The van der Waals surface area contributed by atoms with E-state index >= 15 is 0 Å². The maximum atomic E-state index is 5.44. The second-order valence-electron chi connectivity index (χ2n) is 3.82. The summed E-state index contributed by atoms with van der Waals surface area (Å²) in [4.78, 5) is 0. The van der Waals surface area contributed by atoms with Crippen LogP contribution in [0.15, 0.2) is 6.33 Å². The van der Waals surface area contributed by atoms with Gasteiger partial charge >= 0.3 is 0 Å². The molecule has 0 aliphatic heterocycles. The third-order valence-electron chi connectivity index (χ3n) is 2.40. The summed E-state index contributed by atoms with van der Waals surface area (Å²) in [6.07, 6.45) is 4.98. The van der Waals surface area contributed by atoms with Gasteiger partial charge in [0.2, 0.25) is 0 Å². The average Bonchev–Trinajstić information content (AvgIpc) is 2.68. The van der Waals surface area contributed by atoms with Gasteiger partial charge in [0, 0.05) is 33.2 Å². The number of hydrogen-bond acceptors (Lipinski definition) is 4. The van der Waals surface area contributed by atoms with Gasteiger partial charge in [0.05, 0.1) is 6.61 Å². The van der Waals surface area contributed by atoms with E-state index in [4.69, 9.17) is 4.74 Å². The first-order chi connectivity index (χ1) is 7.84. The molecule has 0 aliphatic carbocycles. The number of ether oxygens (including phenoxy) is 1. The second-order valence-corrected chi connectivity index (χ2v) is 3.82. The van der Waals surface area contributed by atoms with Crippen LogP contribution in [0.5, 0.6) is 0 Å². The quantitative estimate of drug-likeness (QED) is 0.632. The Morgan fingerprint density at radius 1 is 1.38 bits per heavy atom. The number of nitrogens with zero attached hydrogens (tertiary/aromatic N) is 3. The lowest BCUT2D eigenvalue weighted by Crippen LogP contribution is -2.23. The van der Waals surface area contributed by atoms with Gasteiger partial charge in [0.25, 0.3) is 0 Å². The highest BCUT2D eigenvalue weighted by Gasteiger charge is 1.98. The average molecular weight is 226 g/mol. The molecular formula is C11H22N4O. The number of rotatable bonds is 9. The molecule has 1 heterocycles. The molecule has 0 radical (unpaired) electrons. The van der Waals surface area contributed by atoms with Crippen LogP contribution in [0.25, 0.3) is 0 Å². The summed E-state index contributed by atoms with van der Waals surface area (Å²) in [5.41, 5.74) is 0. The highest BCUT2D eigenvalue weighted by atomic mass is 16.5. The SMILES string of the molecule is CCCCOCCNCCc1nncn1C. The second kappa shape index (κ2) is 8.24. The molecule has 0 bridgehead atoms. The van der Waals surface area contributed by atoms with Crippen LogP contribution in [0, 0.1) is 0 Å². The minimum absolute atomic E-state index is 0.790. The molecule has 0 amide bonds. The first-order valence-corrected chi connectivity index (χ1v) is 5.96. The summed E-state index contributed by atoms with van der Waals surface area (Å²) in [6.45, 7) is 5.66. The molecule has 0 atom stereocenters. The van der Waals surface area contributed by atoms with Crippen molar-refractivity contribution in [1.29, 1.82) is 0 Å². The van der Waals surface area contributed by atoms with E-state index < -0.39 is 0 Å². The lowest BCUT2D eigenvalue weighted by atomic mass is 10.4. The molecule has 0 spiro atoms. The Morgan fingerprint density at radius 3 is 2.94 bits per heavy atom. The highest BCUT2D eigenvalue weighted by Crippen LogP contribution is 1.91. The van der Waals surface area contributed by atoms with Gasteiger partial charge in [-0.25, -0.2) is 0 Å². The summed E-state index contributed by atoms with van der Waals surface area (Å²) in [7, 11) is 1.96. The van der Waals surface area contributed by atoms with E-state index in [1.54, 1.807) is 6.33 Å². The molecule has 92 valence electrons. The van der Waals surface area contributed by atoms with Gasteiger partial charge in [-0.3, -0.25) is 0 Å². The maximum absolute atomic E-state index is 5.44. The molecule has 0 saturated heterocycles. The van der Waals surface area contributed by atoms with Crippen LogP contribution < -0.4 is 5.32 Å². The monoisotopic (exact) mass is 226 g/mol. The zero-order valence-corrected chi connectivity index (χ0v) is 10.3. The van der Waals surface area contributed by atoms with E-state index in [1.807, 2.05) is 11.6 Å². The first-order valence-electron chi connectivity index (χ1n) is 5.96. The van der Waals surface area contributed by atoms with E-state index in [1.165, 1.54) is 6.42 Å². The van der Waals surface area contributed by atoms with Gasteiger partial charge in [0.15, 0.2) is 0 Å². The van der Waals surface area contributed by atoms with Crippen molar-refractivity contribution in [2.45, 2.75) is 26.2 Å². The minimum atomic E-state index is 0.790. The van der Waals surface area contributed by atoms with Crippen LogP contribution in [0.1, 0.15) is 25.6 Å². The first kappa shape index (κ1) is 13.1. The van der Waals surface area contributed by atoms with Crippen molar-refractivity contribution < 1.29 is 4.74 Å². The zero-order valence-electron chi connectivity index (χ0n) is 10.3. The van der Waals surface area contributed by atoms with Crippen molar-refractivity contribution in [3.63, 3.8) is 0 Å². The fraction of sp³-hybridized carbons (Fsp3) is 0.818. The summed E-state index contributed by atoms with van der Waals surface area (Å²) in [5, 5.41) is 11.2. The van der Waals surface area contributed by atoms with Crippen LogP contribution in [0.4, 0.5) is 0 Å². The Hall–Kier alpha value is -0.940. The number of unbranched alkanes of at least 4 members (excludes halogenated alkanes) is 1. The van der Waals surface area contributed by atoms with Crippen molar-refractivity contribution in [1.82, 2.24) is 20.1 Å². The van der Waals surface area contributed by atoms with E-state index in [-0.39, 0.29) is 0 Å². The molecule has 1 N–H and O–H groups in total. The number of nitrogens with one attached hydrogen (secondary N) is 1. The van der Waals surface area contributed by atoms with Gasteiger partial charge in [-0.15, -0.1) is 10.2 Å². The Kier molecular flexibility index (Phi) is 6.76. The molecule has 0 saturated carbocycles. The number of aryl methyl sites for hydroxylation is 1. The van der Waals surface area contributed by atoms with Gasteiger partial charge in [-0.2, -0.15) is 0 Å². The van der Waals surface area contributed by atoms with Crippen molar-refractivity contribution in [2.24, 2.45) is 7.05 Å². The Bertz CT molecular complexity index is 275. The zero-order chi connectivity index (χ0) is 11.6. The Labute approximate surface area is 97.2 Å². The van der Waals surface area contributed by atoms with E-state index in [0.717, 1.165) is 45.0 Å². The molecule has 0 unspecified atom stereocenters. The highest BCUT2D eigenvalue weighted by molar-refractivity contribution is 4.84. The van der Waals surface area contributed by atoms with Crippen molar-refractivity contribution in [3.8, 4) is 0 Å². The van der Waals surface area contributed by atoms with Gasteiger partial charge < -0.3 is 14.6 Å². The number of hydrogen-bond donors (Lipinski definition) is 1. The van der Waals surface area contributed by atoms with Crippen molar-refractivity contribution in [3.05, 3.63) is 12.2 Å². The van der Waals surface area contributed by atoms with Crippen molar-refractivity contribution in [2.75, 3.05) is 26.3 Å². The molecule has 0 fully saturated rings. The molecular weight excluding hydrogens is 204 g/mol. The molecule has 5 heteroatoms. The molecule has 5 nitrogen and oxygen atoms in total. The third-order valence-corrected chi connectivity index (χ3v) is 2.40. The fourth-order valence-corrected chi connectivity index (χ4v) is 1.35. The molecule has 1 aromatic rings. The molecule has 0 aliphatic rings. The lowest BCUT2D eigenvalue weighted by molar-refractivity contribution is 0.133. The van der Waals surface area contributed by atoms with Crippen LogP contribution in [-0.4, -0.2) is 41.1 Å². The number of aromatic nitrogens is 3. The largest absolute Gasteiger partial charge is 0.380 e. The molecule has 1 rings (SSSR count). The van der Waals surface area contributed by atoms with E-state index in [0.29, 0.717) is 0 Å². The lowest BCUT2D eigenvalue weighted by Gasteiger charge is -2.05. The summed E-state index contributed by atoms with van der Waals surface area (Å²) < 4.78 is 7.38. The van der Waals surface area contributed by atoms with Crippen LogP contribution >= 0.6 is 0 Å². The molecule has 1 aromatic heterocycles. The maximum Gasteiger partial charge on any atom is 0.133 e. The topological polar surface area (TPSA) is 52.0 Å². The summed E-state index contributed by atoms with van der Waals surface area (Å²) >= 11 is 0. The van der Waals surface area contributed by atoms with Crippen LogP contribution in [-0.2, 0) is 18.2 Å². The van der Waals surface area contributed by atoms with Gasteiger partial charge in [0.1, 0.15) is 12.2 Å². The Balaban J connectivity index is 1.91. The standard InChI is InChI=1S/C11H22N4O/c1-3-4-8-16-9-7-12-6-5-11-14-13-10-15(11)2/h10,12H,3-9H2,1-2H3. The fourth-order valence-electron chi connectivity index (χ4n) is 1.35. The minimum Gasteiger partial charge on any atom is -0.380 e. The summed E-state index contributed by atoms with van der Waals surface area (Å²) in [5.74, 6) is 1.01. The van der Waals surface area contributed by atoms with Crippen LogP contribution in [0.3, 0.4) is 0 Å². The predicted octanol–water partition coefficient (Wildman–Crippen LogP) is 0.764. The van der Waals surface area contributed by atoms with Crippen LogP contribution in [0.2, 0.25) is 0 Å². The Morgan fingerprint density at radius 2 is 2.25 bits per heavy atom. The molecule has 0 aromatic carbocycles. The van der Waals surface area contributed by atoms with Gasteiger partial charge in [-0.1, -0.05) is 13.3 Å². The van der Waals surface area contributed by atoms with Gasteiger partial charge in [-0.05, 0) is 6.42 Å². The summed E-state index contributed by atoms with van der Waals surface area (Å²) in [6, 6.07) is 0. The predicted molar refractivity (Wildman–Crippen MR) is 63.3 cm³/mol. The van der Waals surface area contributed by atoms with E-state index in [2.05, 4.69) is 22.4 Å². The molecule has 16 heavy (non-hydrogen) atoms. The smallest absolute Gasteiger partial charge is 0.133 e. The normalized spacial score (nSPS) is 10.9.